The van der Waals surface area contributed by atoms with Crippen LogP contribution >= 0.6 is 0 Å². The molecule has 0 radical (unpaired) electrons. The SMILES string of the molecule is COCCCN(C)C(=O)N1CCN(c2ccccc2[N+](=O)[O-])CC1. The Kier molecular flexibility index (Phi) is 6.36. The minimum Gasteiger partial charge on any atom is -0.385 e. The molecule has 8 nitrogen and oxygen atoms in total. The van der Waals surface area contributed by atoms with Gasteiger partial charge in [-0.2, -0.15) is 0 Å². The molecule has 1 fully saturated rings. The van der Waals surface area contributed by atoms with E-state index in [0.717, 1.165) is 6.42 Å². The summed E-state index contributed by atoms with van der Waals surface area (Å²) in [6, 6.07) is 6.72. The topological polar surface area (TPSA) is 79.2 Å². The second kappa shape index (κ2) is 8.49. The lowest BCUT2D eigenvalue weighted by atomic mass is 10.2. The van der Waals surface area contributed by atoms with Crippen molar-refractivity contribution in [1.82, 2.24) is 9.80 Å². The maximum absolute atomic E-state index is 12.4. The summed E-state index contributed by atoms with van der Waals surface area (Å²) in [6.45, 7) is 3.56. The zero-order valence-corrected chi connectivity index (χ0v) is 14.2. The van der Waals surface area contributed by atoms with E-state index < -0.39 is 0 Å². The number of amides is 2. The van der Waals surface area contributed by atoms with Crippen molar-refractivity contribution in [2.24, 2.45) is 0 Å². The molecule has 0 atom stereocenters. The number of carbonyl (C=O) groups excluding carboxylic acids is 1. The molecule has 0 saturated carbocycles. The van der Waals surface area contributed by atoms with Crippen LogP contribution in [0.25, 0.3) is 0 Å². The third-order valence-corrected chi connectivity index (χ3v) is 4.14. The first-order valence-corrected chi connectivity index (χ1v) is 8.02. The zero-order chi connectivity index (χ0) is 17.5. The van der Waals surface area contributed by atoms with E-state index in [9.17, 15) is 14.9 Å². The van der Waals surface area contributed by atoms with Gasteiger partial charge in [0.25, 0.3) is 5.69 Å². The van der Waals surface area contributed by atoms with Crippen molar-refractivity contribution < 1.29 is 14.5 Å². The van der Waals surface area contributed by atoms with Gasteiger partial charge < -0.3 is 19.4 Å². The largest absolute Gasteiger partial charge is 0.385 e. The van der Waals surface area contributed by atoms with Crippen LogP contribution in [0.1, 0.15) is 6.42 Å². The van der Waals surface area contributed by atoms with Gasteiger partial charge in [0.1, 0.15) is 5.69 Å². The molecular weight excluding hydrogens is 312 g/mol. The van der Waals surface area contributed by atoms with Crippen molar-refractivity contribution in [2.45, 2.75) is 6.42 Å². The van der Waals surface area contributed by atoms with Crippen LogP contribution in [0, 0.1) is 10.1 Å². The molecule has 0 bridgehead atoms. The van der Waals surface area contributed by atoms with Gasteiger partial charge in [-0.1, -0.05) is 12.1 Å². The second-order valence-corrected chi connectivity index (χ2v) is 5.77. The van der Waals surface area contributed by atoms with Crippen LogP contribution in [0.3, 0.4) is 0 Å². The normalized spacial score (nSPS) is 14.6. The number of para-hydroxylation sites is 2. The average molecular weight is 336 g/mol. The zero-order valence-electron chi connectivity index (χ0n) is 14.2. The van der Waals surface area contributed by atoms with E-state index in [-0.39, 0.29) is 16.6 Å². The Morgan fingerprint density at radius 1 is 1.29 bits per heavy atom. The Bertz CT molecular complexity index is 573. The summed E-state index contributed by atoms with van der Waals surface area (Å²) in [6.07, 6.45) is 0.801. The van der Waals surface area contributed by atoms with Crippen molar-refractivity contribution >= 4 is 17.4 Å². The molecule has 0 unspecified atom stereocenters. The predicted molar refractivity (Wildman–Crippen MR) is 91.4 cm³/mol. The second-order valence-electron chi connectivity index (χ2n) is 5.77. The number of nitro groups is 1. The number of hydrogen-bond acceptors (Lipinski definition) is 5. The van der Waals surface area contributed by atoms with Gasteiger partial charge in [-0.25, -0.2) is 4.79 Å². The van der Waals surface area contributed by atoms with Crippen molar-refractivity contribution in [3.05, 3.63) is 34.4 Å². The highest BCUT2D eigenvalue weighted by Gasteiger charge is 2.26. The van der Waals surface area contributed by atoms with Gasteiger partial charge in [-0.05, 0) is 12.5 Å². The Hall–Kier alpha value is -2.35. The number of hydrogen-bond donors (Lipinski definition) is 0. The Morgan fingerprint density at radius 3 is 2.58 bits per heavy atom. The quantitative estimate of drug-likeness (QED) is 0.450. The summed E-state index contributed by atoms with van der Waals surface area (Å²) >= 11 is 0. The Labute approximate surface area is 141 Å². The fourth-order valence-corrected chi connectivity index (χ4v) is 2.81. The smallest absolute Gasteiger partial charge is 0.319 e. The number of ether oxygens (including phenoxy) is 1. The third-order valence-electron chi connectivity index (χ3n) is 4.14. The molecule has 0 aromatic heterocycles. The molecule has 24 heavy (non-hydrogen) atoms. The molecule has 1 aliphatic rings. The summed E-state index contributed by atoms with van der Waals surface area (Å²) in [5.41, 5.74) is 0.719. The van der Waals surface area contributed by atoms with Crippen LogP contribution in [0.4, 0.5) is 16.2 Å². The number of urea groups is 1. The number of nitro benzene ring substituents is 1. The third kappa shape index (κ3) is 4.35. The monoisotopic (exact) mass is 336 g/mol. The molecule has 2 amide bonds. The molecule has 132 valence electrons. The van der Waals surface area contributed by atoms with Crippen molar-refractivity contribution in [1.29, 1.82) is 0 Å². The van der Waals surface area contributed by atoms with Crippen molar-refractivity contribution in [3.63, 3.8) is 0 Å². The van der Waals surface area contributed by atoms with Crippen LogP contribution in [-0.2, 0) is 4.74 Å². The van der Waals surface area contributed by atoms with Gasteiger partial charge in [0.2, 0.25) is 0 Å². The standard InChI is InChI=1S/C16H24N4O4/c1-17(8-5-13-24-2)16(21)19-11-9-18(10-12-19)14-6-3-4-7-15(14)20(22)23/h3-4,6-7H,5,8-13H2,1-2H3. The summed E-state index contributed by atoms with van der Waals surface area (Å²) in [5, 5.41) is 11.1. The highest BCUT2D eigenvalue weighted by Crippen LogP contribution is 2.28. The molecule has 0 spiro atoms. The van der Waals surface area contributed by atoms with E-state index >= 15 is 0 Å². The molecule has 1 saturated heterocycles. The van der Waals surface area contributed by atoms with Gasteiger partial charge in [-0.3, -0.25) is 10.1 Å². The summed E-state index contributed by atoms with van der Waals surface area (Å²) in [4.78, 5) is 28.6. The number of rotatable bonds is 6. The first-order valence-electron chi connectivity index (χ1n) is 8.02. The lowest BCUT2D eigenvalue weighted by Crippen LogP contribution is -2.52. The minimum atomic E-state index is -0.365. The maximum atomic E-state index is 12.4. The molecule has 0 N–H and O–H groups in total. The van der Waals surface area contributed by atoms with Crippen LogP contribution in [0.2, 0.25) is 0 Å². The molecule has 0 aliphatic carbocycles. The van der Waals surface area contributed by atoms with E-state index in [2.05, 4.69) is 0 Å². The molecule has 1 aromatic carbocycles. The lowest BCUT2D eigenvalue weighted by Gasteiger charge is -2.37. The number of piperazine rings is 1. The first-order chi connectivity index (χ1) is 11.5. The summed E-state index contributed by atoms with van der Waals surface area (Å²) in [5.74, 6) is 0. The number of anilines is 1. The average Bonchev–Trinajstić information content (AvgIpc) is 2.61. The van der Waals surface area contributed by atoms with Crippen LogP contribution < -0.4 is 4.90 Å². The van der Waals surface area contributed by atoms with E-state index in [1.165, 1.54) is 6.07 Å². The Morgan fingerprint density at radius 2 is 1.96 bits per heavy atom. The maximum Gasteiger partial charge on any atom is 0.319 e. The van der Waals surface area contributed by atoms with E-state index in [4.69, 9.17) is 4.74 Å². The highest BCUT2D eigenvalue weighted by molar-refractivity contribution is 5.74. The number of nitrogens with zero attached hydrogens (tertiary/aromatic N) is 4. The van der Waals surface area contributed by atoms with E-state index in [1.807, 2.05) is 4.90 Å². The van der Waals surface area contributed by atoms with Gasteiger partial charge in [-0.15, -0.1) is 0 Å². The minimum absolute atomic E-state index is 0.00619. The van der Waals surface area contributed by atoms with Gasteiger partial charge in [0, 0.05) is 59.6 Å². The van der Waals surface area contributed by atoms with Crippen molar-refractivity contribution in [2.75, 3.05) is 58.4 Å². The Balaban J connectivity index is 1.92. The predicted octanol–water partition coefficient (Wildman–Crippen LogP) is 1.81. The summed E-state index contributed by atoms with van der Waals surface area (Å²) in [7, 11) is 3.43. The number of carbonyl (C=O) groups is 1. The van der Waals surface area contributed by atoms with Crippen molar-refractivity contribution in [3.8, 4) is 0 Å². The van der Waals surface area contributed by atoms with E-state index in [1.54, 1.807) is 42.2 Å². The molecule has 8 heteroatoms. The van der Waals surface area contributed by atoms with Gasteiger partial charge >= 0.3 is 6.03 Å². The fourth-order valence-electron chi connectivity index (χ4n) is 2.81. The number of methoxy groups -OCH3 is 1. The molecule has 1 aromatic rings. The first kappa shape index (κ1) is 18.0. The van der Waals surface area contributed by atoms with E-state index in [0.29, 0.717) is 45.0 Å². The van der Waals surface area contributed by atoms with Gasteiger partial charge in [0.05, 0.1) is 4.92 Å². The molecule has 2 rings (SSSR count). The van der Waals surface area contributed by atoms with Crippen LogP contribution in [-0.4, -0.2) is 74.2 Å². The van der Waals surface area contributed by atoms with Crippen LogP contribution in [0.5, 0.6) is 0 Å². The molecule has 1 aliphatic heterocycles. The fraction of sp³-hybridized carbons (Fsp3) is 0.562. The highest BCUT2D eigenvalue weighted by atomic mass is 16.6. The molecule has 1 heterocycles. The van der Waals surface area contributed by atoms with Crippen LogP contribution in [0.15, 0.2) is 24.3 Å². The van der Waals surface area contributed by atoms with Gasteiger partial charge in [0.15, 0.2) is 0 Å². The lowest BCUT2D eigenvalue weighted by molar-refractivity contribution is -0.384. The number of benzene rings is 1. The summed E-state index contributed by atoms with van der Waals surface area (Å²) < 4.78 is 5.00. The molecular formula is C16H24N4O4.